The molecule has 1 aromatic rings. The highest BCUT2D eigenvalue weighted by molar-refractivity contribution is 5.92. The molecular formula is C10H13N3O3. The molecule has 1 atom stereocenters. The fraction of sp³-hybridized carbons (Fsp3) is 0.300. The van der Waals surface area contributed by atoms with Crippen molar-refractivity contribution < 1.29 is 14.7 Å². The Morgan fingerprint density at radius 1 is 1.50 bits per heavy atom. The maximum atomic E-state index is 11.4. The summed E-state index contributed by atoms with van der Waals surface area (Å²) in [6, 6.07) is 4.03. The van der Waals surface area contributed by atoms with E-state index in [1.165, 1.54) is 6.20 Å². The molecule has 1 amide bonds. The van der Waals surface area contributed by atoms with Crippen LogP contribution in [0.15, 0.2) is 24.4 Å². The first-order valence-electron chi connectivity index (χ1n) is 4.79. The first-order chi connectivity index (χ1) is 7.61. The van der Waals surface area contributed by atoms with Gasteiger partial charge in [0.1, 0.15) is 11.7 Å². The van der Waals surface area contributed by atoms with E-state index in [4.69, 9.17) is 10.8 Å². The van der Waals surface area contributed by atoms with Crippen LogP contribution in [0.3, 0.4) is 0 Å². The average Bonchev–Trinajstić information content (AvgIpc) is 2.29. The molecular weight excluding hydrogens is 210 g/mol. The van der Waals surface area contributed by atoms with Crippen molar-refractivity contribution in [1.82, 2.24) is 10.3 Å². The summed E-state index contributed by atoms with van der Waals surface area (Å²) >= 11 is 0. The predicted molar refractivity (Wildman–Crippen MR) is 56.8 cm³/mol. The molecule has 0 saturated carbocycles. The Labute approximate surface area is 92.5 Å². The molecule has 0 unspecified atom stereocenters. The van der Waals surface area contributed by atoms with Crippen molar-refractivity contribution in [1.29, 1.82) is 0 Å². The zero-order valence-corrected chi connectivity index (χ0v) is 8.59. The van der Waals surface area contributed by atoms with Crippen molar-refractivity contribution >= 4 is 11.9 Å². The third kappa shape index (κ3) is 3.66. The number of rotatable bonds is 5. The molecule has 6 heteroatoms. The number of carboxylic acids is 1. The van der Waals surface area contributed by atoms with Gasteiger partial charge in [-0.05, 0) is 18.6 Å². The molecule has 0 aromatic carbocycles. The van der Waals surface area contributed by atoms with Crippen LogP contribution in [-0.4, -0.2) is 34.6 Å². The number of hydrogen-bond donors (Lipinski definition) is 3. The molecule has 0 aliphatic rings. The van der Waals surface area contributed by atoms with Gasteiger partial charge in [-0.15, -0.1) is 0 Å². The van der Waals surface area contributed by atoms with Crippen LogP contribution in [0.2, 0.25) is 0 Å². The smallest absolute Gasteiger partial charge is 0.320 e. The highest BCUT2D eigenvalue weighted by atomic mass is 16.4. The number of hydrogen-bond acceptors (Lipinski definition) is 4. The molecule has 0 radical (unpaired) electrons. The quantitative estimate of drug-likeness (QED) is 0.630. The fourth-order valence-electron chi connectivity index (χ4n) is 1.05. The Kier molecular flexibility index (Phi) is 4.41. The van der Waals surface area contributed by atoms with E-state index in [1.807, 2.05) is 0 Å². The summed E-state index contributed by atoms with van der Waals surface area (Å²) in [6.45, 7) is 0.211. The Bertz CT molecular complexity index is 367. The van der Waals surface area contributed by atoms with Gasteiger partial charge in [-0.1, -0.05) is 6.07 Å². The number of aromatic nitrogens is 1. The van der Waals surface area contributed by atoms with E-state index in [2.05, 4.69) is 10.3 Å². The number of amides is 1. The SMILES string of the molecule is N[C@@H](CCNC(=O)c1ccccn1)C(=O)O. The number of aliphatic carboxylic acids is 1. The van der Waals surface area contributed by atoms with Crippen LogP contribution >= 0.6 is 0 Å². The lowest BCUT2D eigenvalue weighted by Crippen LogP contribution is -2.35. The zero-order chi connectivity index (χ0) is 12.0. The number of carbonyl (C=O) groups is 2. The minimum atomic E-state index is -1.08. The molecule has 0 aliphatic carbocycles. The molecule has 16 heavy (non-hydrogen) atoms. The maximum absolute atomic E-state index is 11.4. The molecule has 1 aromatic heterocycles. The number of pyridine rings is 1. The van der Waals surface area contributed by atoms with E-state index in [-0.39, 0.29) is 18.9 Å². The van der Waals surface area contributed by atoms with Gasteiger partial charge in [0.15, 0.2) is 0 Å². The van der Waals surface area contributed by atoms with E-state index in [9.17, 15) is 9.59 Å². The minimum Gasteiger partial charge on any atom is -0.480 e. The molecule has 1 rings (SSSR count). The van der Waals surface area contributed by atoms with Crippen molar-refractivity contribution in [2.45, 2.75) is 12.5 Å². The first kappa shape index (κ1) is 12.1. The Morgan fingerprint density at radius 3 is 2.81 bits per heavy atom. The standard InChI is InChI=1S/C10H13N3O3/c11-7(10(15)16)4-6-13-9(14)8-3-1-2-5-12-8/h1-3,5,7H,4,6,11H2,(H,13,14)(H,15,16)/t7-/m0/s1. The highest BCUT2D eigenvalue weighted by Crippen LogP contribution is 1.93. The van der Waals surface area contributed by atoms with Crippen LogP contribution in [0, 0.1) is 0 Å². The molecule has 4 N–H and O–H groups in total. The van der Waals surface area contributed by atoms with Crippen molar-refractivity contribution in [2.24, 2.45) is 5.73 Å². The predicted octanol–water partition coefficient (Wildman–Crippen LogP) is -0.387. The summed E-state index contributed by atoms with van der Waals surface area (Å²) in [5, 5.41) is 11.1. The summed E-state index contributed by atoms with van der Waals surface area (Å²) in [5.74, 6) is -1.41. The normalized spacial score (nSPS) is 11.8. The van der Waals surface area contributed by atoms with Crippen LogP contribution in [0.25, 0.3) is 0 Å². The van der Waals surface area contributed by atoms with Gasteiger partial charge < -0.3 is 16.2 Å². The third-order valence-corrected chi connectivity index (χ3v) is 1.96. The average molecular weight is 223 g/mol. The number of nitrogens with two attached hydrogens (primary N) is 1. The van der Waals surface area contributed by atoms with Crippen LogP contribution in [0.4, 0.5) is 0 Å². The largest absolute Gasteiger partial charge is 0.480 e. The van der Waals surface area contributed by atoms with Crippen molar-refractivity contribution in [3.63, 3.8) is 0 Å². The second kappa shape index (κ2) is 5.82. The van der Waals surface area contributed by atoms with E-state index in [0.717, 1.165) is 0 Å². The van der Waals surface area contributed by atoms with Crippen molar-refractivity contribution in [3.8, 4) is 0 Å². The topological polar surface area (TPSA) is 105 Å². The number of nitrogens with one attached hydrogen (secondary N) is 1. The van der Waals surface area contributed by atoms with Gasteiger partial charge in [0, 0.05) is 12.7 Å². The van der Waals surface area contributed by atoms with Crippen LogP contribution < -0.4 is 11.1 Å². The summed E-state index contributed by atoms with van der Waals surface area (Å²) in [6.07, 6.45) is 1.70. The lowest BCUT2D eigenvalue weighted by Gasteiger charge is -2.07. The summed E-state index contributed by atoms with van der Waals surface area (Å²) in [7, 11) is 0. The van der Waals surface area contributed by atoms with Gasteiger partial charge >= 0.3 is 5.97 Å². The molecule has 0 saturated heterocycles. The van der Waals surface area contributed by atoms with Crippen molar-refractivity contribution in [2.75, 3.05) is 6.54 Å². The second-order valence-electron chi connectivity index (χ2n) is 3.20. The number of carboxylic acid groups (broad SMARTS) is 1. The van der Waals surface area contributed by atoms with Gasteiger partial charge in [-0.25, -0.2) is 0 Å². The number of carbonyl (C=O) groups excluding carboxylic acids is 1. The Morgan fingerprint density at radius 2 is 2.25 bits per heavy atom. The number of nitrogens with zero attached hydrogens (tertiary/aromatic N) is 1. The second-order valence-corrected chi connectivity index (χ2v) is 3.20. The zero-order valence-electron chi connectivity index (χ0n) is 8.59. The van der Waals surface area contributed by atoms with Crippen LogP contribution in [0.5, 0.6) is 0 Å². The van der Waals surface area contributed by atoms with Gasteiger partial charge in [0.05, 0.1) is 0 Å². The maximum Gasteiger partial charge on any atom is 0.320 e. The molecule has 1 heterocycles. The van der Waals surface area contributed by atoms with Crippen molar-refractivity contribution in [3.05, 3.63) is 30.1 Å². The Hall–Kier alpha value is -1.95. The monoisotopic (exact) mass is 223 g/mol. The van der Waals surface area contributed by atoms with E-state index in [0.29, 0.717) is 5.69 Å². The molecule has 86 valence electrons. The van der Waals surface area contributed by atoms with E-state index < -0.39 is 12.0 Å². The van der Waals surface area contributed by atoms with Gasteiger partial charge in [0.2, 0.25) is 0 Å². The van der Waals surface area contributed by atoms with E-state index >= 15 is 0 Å². The third-order valence-electron chi connectivity index (χ3n) is 1.96. The van der Waals surface area contributed by atoms with Gasteiger partial charge in [0.25, 0.3) is 5.91 Å². The lowest BCUT2D eigenvalue weighted by atomic mass is 10.2. The first-order valence-corrected chi connectivity index (χ1v) is 4.79. The van der Waals surface area contributed by atoms with Gasteiger partial charge in [-0.3, -0.25) is 14.6 Å². The molecule has 0 bridgehead atoms. The van der Waals surface area contributed by atoms with Gasteiger partial charge in [-0.2, -0.15) is 0 Å². The minimum absolute atomic E-state index is 0.188. The van der Waals surface area contributed by atoms with Crippen LogP contribution in [0.1, 0.15) is 16.9 Å². The van der Waals surface area contributed by atoms with E-state index in [1.54, 1.807) is 18.2 Å². The highest BCUT2D eigenvalue weighted by Gasteiger charge is 2.12. The Balaban J connectivity index is 2.34. The molecule has 6 nitrogen and oxygen atoms in total. The van der Waals surface area contributed by atoms with Crippen LogP contribution in [-0.2, 0) is 4.79 Å². The molecule has 0 fully saturated rings. The summed E-state index contributed by atoms with van der Waals surface area (Å²) in [4.78, 5) is 25.7. The molecule has 0 aliphatic heterocycles. The fourth-order valence-corrected chi connectivity index (χ4v) is 1.05. The molecule has 0 spiro atoms. The lowest BCUT2D eigenvalue weighted by molar-refractivity contribution is -0.138. The summed E-state index contributed by atoms with van der Waals surface area (Å²) < 4.78 is 0. The summed E-state index contributed by atoms with van der Waals surface area (Å²) in [5.41, 5.74) is 5.57.